The van der Waals surface area contributed by atoms with Crippen LogP contribution in [0.5, 0.6) is 0 Å². The van der Waals surface area contributed by atoms with Crippen molar-refractivity contribution in [2.24, 2.45) is 5.41 Å². The van der Waals surface area contributed by atoms with Gasteiger partial charge >= 0.3 is 0 Å². The lowest BCUT2D eigenvalue weighted by molar-refractivity contribution is -0.121. The predicted molar refractivity (Wildman–Crippen MR) is 88.9 cm³/mol. The molecule has 1 unspecified atom stereocenters. The van der Waals surface area contributed by atoms with Crippen molar-refractivity contribution in [3.05, 3.63) is 30.4 Å². The molecule has 7 heteroatoms. The zero-order valence-electron chi connectivity index (χ0n) is 14.3. The molecule has 2 heterocycles. The van der Waals surface area contributed by atoms with E-state index in [1.807, 2.05) is 19.9 Å². The van der Waals surface area contributed by atoms with Gasteiger partial charge in [-0.25, -0.2) is 0 Å². The van der Waals surface area contributed by atoms with E-state index in [4.69, 9.17) is 4.52 Å². The third-order valence-corrected chi connectivity index (χ3v) is 3.57. The molecule has 0 aliphatic rings. The molecule has 2 N–H and O–H groups in total. The number of nitrogens with one attached hydrogen (secondary N) is 1. The molecule has 0 saturated heterocycles. The molecule has 0 aliphatic heterocycles. The molecule has 2 rings (SSSR count). The topological polar surface area (TPSA) is 101 Å². The van der Waals surface area contributed by atoms with E-state index in [1.165, 1.54) is 0 Å². The van der Waals surface area contributed by atoms with E-state index >= 15 is 0 Å². The summed E-state index contributed by atoms with van der Waals surface area (Å²) in [7, 11) is 0. The van der Waals surface area contributed by atoms with Crippen molar-refractivity contribution in [2.75, 3.05) is 6.54 Å². The van der Waals surface area contributed by atoms with E-state index in [0.29, 0.717) is 31.1 Å². The zero-order chi connectivity index (χ0) is 17.6. The van der Waals surface area contributed by atoms with Crippen LogP contribution in [0.25, 0.3) is 11.4 Å². The number of hydrogen-bond acceptors (Lipinski definition) is 6. The van der Waals surface area contributed by atoms with E-state index in [1.54, 1.807) is 25.4 Å². The highest BCUT2D eigenvalue weighted by Gasteiger charge is 2.21. The number of rotatable bonds is 8. The van der Waals surface area contributed by atoms with Crippen molar-refractivity contribution in [3.63, 3.8) is 0 Å². The third-order valence-electron chi connectivity index (χ3n) is 3.57. The standard InChI is InChI=1S/C17H24N4O3/c1-12(22)9-17(2,3)11-19-14(23)6-7-15-20-16(21-24-15)13-5-4-8-18-10-13/h4-5,8,10,12,22H,6-7,9,11H2,1-3H3,(H,19,23). The predicted octanol–water partition coefficient (Wildman–Crippen LogP) is 1.98. The Balaban J connectivity index is 1.79. The average molecular weight is 332 g/mol. The number of carbonyl (C=O) groups excluding carboxylic acids is 1. The minimum atomic E-state index is -0.388. The molecular weight excluding hydrogens is 308 g/mol. The maximum atomic E-state index is 12.0. The molecule has 0 fully saturated rings. The highest BCUT2D eigenvalue weighted by molar-refractivity contribution is 5.76. The van der Waals surface area contributed by atoms with Crippen LogP contribution >= 0.6 is 0 Å². The van der Waals surface area contributed by atoms with E-state index < -0.39 is 0 Å². The maximum absolute atomic E-state index is 12.0. The Hall–Kier alpha value is -2.28. The number of carbonyl (C=O) groups is 1. The number of nitrogens with zero attached hydrogens (tertiary/aromatic N) is 3. The second-order valence-electron chi connectivity index (χ2n) is 6.75. The summed E-state index contributed by atoms with van der Waals surface area (Å²) >= 11 is 0. The van der Waals surface area contributed by atoms with Crippen molar-refractivity contribution in [1.82, 2.24) is 20.4 Å². The van der Waals surface area contributed by atoms with Crippen molar-refractivity contribution >= 4 is 5.91 Å². The zero-order valence-corrected chi connectivity index (χ0v) is 14.3. The van der Waals surface area contributed by atoms with Crippen LogP contribution in [-0.4, -0.2) is 38.8 Å². The lowest BCUT2D eigenvalue weighted by Gasteiger charge is -2.26. The van der Waals surface area contributed by atoms with Gasteiger partial charge in [0.15, 0.2) is 0 Å². The molecule has 0 bridgehead atoms. The summed E-state index contributed by atoms with van der Waals surface area (Å²) < 4.78 is 5.17. The van der Waals surface area contributed by atoms with Crippen LogP contribution in [0.3, 0.4) is 0 Å². The Labute approximate surface area is 141 Å². The van der Waals surface area contributed by atoms with Crippen molar-refractivity contribution < 1.29 is 14.4 Å². The number of pyridine rings is 1. The fourth-order valence-corrected chi connectivity index (χ4v) is 2.49. The summed E-state index contributed by atoms with van der Waals surface area (Å²) in [5.74, 6) is 0.818. The molecule has 0 radical (unpaired) electrons. The van der Waals surface area contributed by atoms with Crippen LogP contribution in [0.1, 0.15) is 39.5 Å². The van der Waals surface area contributed by atoms with Gasteiger partial charge in [-0.2, -0.15) is 4.98 Å². The number of aromatic nitrogens is 3. The van der Waals surface area contributed by atoms with Gasteiger partial charge in [0.1, 0.15) is 0 Å². The van der Waals surface area contributed by atoms with Crippen LogP contribution in [0.2, 0.25) is 0 Å². The normalized spacial score (nSPS) is 12.8. The molecule has 0 aromatic carbocycles. The fraction of sp³-hybridized carbons (Fsp3) is 0.529. The Kier molecular flexibility index (Phi) is 6.03. The Morgan fingerprint density at radius 1 is 1.46 bits per heavy atom. The van der Waals surface area contributed by atoms with Crippen LogP contribution in [0.4, 0.5) is 0 Å². The van der Waals surface area contributed by atoms with Crippen molar-refractivity contribution in [1.29, 1.82) is 0 Å². The van der Waals surface area contributed by atoms with E-state index in [-0.39, 0.29) is 23.8 Å². The summed E-state index contributed by atoms with van der Waals surface area (Å²) in [6.07, 6.45) is 4.24. The summed E-state index contributed by atoms with van der Waals surface area (Å²) in [6, 6.07) is 3.65. The van der Waals surface area contributed by atoms with Crippen LogP contribution in [0.15, 0.2) is 29.0 Å². The van der Waals surface area contributed by atoms with Crippen molar-refractivity contribution in [3.8, 4) is 11.4 Å². The third kappa shape index (κ3) is 5.73. The first-order chi connectivity index (χ1) is 11.4. The lowest BCUT2D eigenvalue weighted by Crippen LogP contribution is -2.35. The summed E-state index contributed by atoms with van der Waals surface area (Å²) in [6.45, 7) is 6.29. The van der Waals surface area contributed by atoms with Gasteiger partial charge in [-0.1, -0.05) is 19.0 Å². The second-order valence-corrected chi connectivity index (χ2v) is 6.75. The highest BCUT2D eigenvalue weighted by Crippen LogP contribution is 2.21. The Morgan fingerprint density at radius 3 is 2.92 bits per heavy atom. The minimum Gasteiger partial charge on any atom is -0.393 e. The number of aliphatic hydroxyl groups excluding tert-OH is 1. The molecule has 7 nitrogen and oxygen atoms in total. The molecular formula is C17H24N4O3. The Bertz CT molecular complexity index is 653. The van der Waals surface area contributed by atoms with Gasteiger partial charge in [0.05, 0.1) is 6.10 Å². The number of aryl methyl sites for hydroxylation is 1. The first kappa shape index (κ1) is 18.1. The smallest absolute Gasteiger partial charge is 0.227 e. The van der Waals surface area contributed by atoms with E-state index in [9.17, 15) is 9.90 Å². The molecule has 130 valence electrons. The van der Waals surface area contributed by atoms with Gasteiger partial charge in [0.2, 0.25) is 17.6 Å². The van der Waals surface area contributed by atoms with Gasteiger partial charge in [-0.05, 0) is 30.9 Å². The van der Waals surface area contributed by atoms with Crippen LogP contribution in [-0.2, 0) is 11.2 Å². The summed E-state index contributed by atoms with van der Waals surface area (Å²) in [4.78, 5) is 20.2. The first-order valence-electron chi connectivity index (χ1n) is 8.03. The minimum absolute atomic E-state index is 0.0743. The highest BCUT2D eigenvalue weighted by atomic mass is 16.5. The summed E-state index contributed by atoms with van der Waals surface area (Å²) in [5.41, 5.74) is 0.624. The van der Waals surface area contributed by atoms with E-state index in [2.05, 4.69) is 20.4 Å². The second kappa shape index (κ2) is 8.01. The van der Waals surface area contributed by atoms with Crippen LogP contribution < -0.4 is 5.32 Å². The molecule has 0 aliphatic carbocycles. The molecule has 0 spiro atoms. The molecule has 2 aromatic rings. The Morgan fingerprint density at radius 2 is 2.25 bits per heavy atom. The molecule has 2 aromatic heterocycles. The van der Waals surface area contributed by atoms with E-state index in [0.717, 1.165) is 5.56 Å². The summed E-state index contributed by atoms with van der Waals surface area (Å²) in [5, 5.41) is 16.2. The quantitative estimate of drug-likeness (QED) is 0.766. The average Bonchev–Trinajstić information content (AvgIpc) is 3.00. The number of amides is 1. The first-order valence-corrected chi connectivity index (χ1v) is 8.03. The van der Waals surface area contributed by atoms with Gasteiger partial charge in [0, 0.05) is 37.3 Å². The fourth-order valence-electron chi connectivity index (χ4n) is 2.49. The van der Waals surface area contributed by atoms with Gasteiger partial charge in [0.25, 0.3) is 0 Å². The molecule has 1 atom stereocenters. The van der Waals surface area contributed by atoms with Gasteiger partial charge < -0.3 is 14.9 Å². The van der Waals surface area contributed by atoms with Crippen molar-refractivity contribution in [2.45, 2.75) is 46.1 Å². The number of hydrogen-bond donors (Lipinski definition) is 2. The molecule has 24 heavy (non-hydrogen) atoms. The molecule has 1 amide bonds. The van der Waals surface area contributed by atoms with Crippen LogP contribution in [0, 0.1) is 5.41 Å². The largest absolute Gasteiger partial charge is 0.393 e. The monoisotopic (exact) mass is 332 g/mol. The number of aliphatic hydroxyl groups is 1. The maximum Gasteiger partial charge on any atom is 0.227 e. The van der Waals surface area contributed by atoms with Gasteiger partial charge in [-0.15, -0.1) is 0 Å². The van der Waals surface area contributed by atoms with Gasteiger partial charge in [-0.3, -0.25) is 9.78 Å². The lowest BCUT2D eigenvalue weighted by atomic mass is 9.87. The molecule has 0 saturated carbocycles. The SMILES string of the molecule is CC(O)CC(C)(C)CNC(=O)CCc1nc(-c2cccnc2)no1.